The molecular formula is C16H17N3O2. The summed E-state index contributed by atoms with van der Waals surface area (Å²) < 4.78 is 0. The number of aromatic nitrogens is 1. The van der Waals surface area contributed by atoms with Crippen LogP contribution in [0.15, 0.2) is 42.7 Å². The number of amides is 2. The van der Waals surface area contributed by atoms with Gasteiger partial charge in [0.25, 0.3) is 5.91 Å². The van der Waals surface area contributed by atoms with Crippen molar-refractivity contribution < 1.29 is 9.59 Å². The van der Waals surface area contributed by atoms with E-state index >= 15 is 0 Å². The molecule has 1 atom stereocenters. The lowest BCUT2D eigenvalue weighted by molar-refractivity contribution is -0.125. The molecule has 21 heavy (non-hydrogen) atoms. The van der Waals surface area contributed by atoms with E-state index < -0.39 is 6.04 Å². The van der Waals surface area contributed by atoms with Gasteiger partial charge in [-0.1, -0.05) is 24.8 Å². The number of hydrogen-bond donors (Lipinski definition) is 2. The topological polar surface area (TPSA) is 65.2 Å². The number of fused-ring (bicyclic) bond motifs is 1. The summed E-state index contributed by atoms with van der Waals surface area (Å²) >= 11 is 0. The second kappa shape index (κ2) is 5.09. The van der Waals surface area contributed by atoms with Crippen molar-refractivity contribution in [2.24, 2.45) is 0 Å². The van der Waals surface area contributed by atoms with E-state index in [0.29, 0.717) is 24.1 Å². The van der Waals surface area contributed by atoms with Gasteiger partial charge in [-0.15, -0.1) is 0 Å². The summed E-state index contributed by atoms with van der Waals surface area (Å²) in [4.78, 5) is 29.3. The number of aromatic amines is 1. The molecule has 0 bridgehead atoms. The fourth-order valence-electron chi connectivity index (χ4n) is 2.71. The second-order valence-electron chi connectivity index (χ2n) is 5.31. The number of piperidine rings is 1. The first-order valence-electron chi connectivity index (χ1n) is 6.90. The number of carbonyl (C=O) groups excluding carboxylic acids is 2. The molecule has 1 unspecified atom stereocenters. The molecule has 5 heteroatoms. The summed E-state index contributed by atoms with van der Waals surface area (Å²) in [6.07, 6.45) is 3.00. The van der Waals surface area contributed by atoms with Gasteiger partial charge in [0.2, 0.25) is 5.91 Å². The van der Waals surface area contributed by atoms with Crippen molar-refractivity contribution in [2.75, 3.05) is 7.05 Å². The Bertz CT molecular complexity index is 732. The number of nitrogens with zero attached hydrogens (tertiary/aromatic N) is 1. The fraction of sp³-hybridized carbons (Fsp3) is 0.250. The van der Waals surface area contributed by atoms with Crippen molar-refractivity contribution in [1.82, 2.24) is 15.2 Å². The van der Waals surface area contributed by atoms with E-state index in [2.05, 4.69) is 16.9 Å². The van der Waals surface area contributed by atoms with Crippen LogP contribution in [0.5, 0.6) is 0 Å². The van der Waals surface area contributed by atoms with Gasteiger partial charge in [0.05, 0.1) is 5.56 Å². The Morgan fingerprint density at radius 2 is 2.14 bits per heavy atom. The van der Waals surface area contributed by atoms with Crippen LogP contribution in [0.2, 0.25) is 0 Å². The van der Waals surface area contributed by atoms with E-state index in [1.54, 1.807) is 13.2 Å². The van der Waals surface area contributed by atoms with Crippen molar-refractivity contribution in [1.29, 1.82) is 0 Å². The zero-order chi connectivity index (χ0) is 15.0. The number of allylic oxidation sites excluding steroid dienone is 1. The summed E-state index contributed by atoms with van der Waals surface area (Å²) in [5.74, 6) is -0.318. The Morgan fingerprint density at radius 1 is 1.38 bits per heavy atom. The molecule has 1 aliphatic rings. The lowest BCUT2D eigenvalue weighted by Crippen LogP contribution is -2.50. The lowest BCUT2D eigenvalue weighted by atomic mass is 10.0. The number of likely N-dealkylation sites (N-methyl/N-ethyl adjacent to an activating group) is 1. The molecule has 0 radical (unpaired) electrons. The molecule has 1 aliphatic heterocycles. The van der Waals surface area contributed by atoms with Crippen LogP contribution in [0, 0.1) is 0 Å². The van der Waals surface area contributed by atoms with Crippen LogP contribution in [0.1, 0.15) is 23.2 Å². The highest BCUT2D eigenvalue weighted by molar-refractivity contribution is 6.07. The summed E-state index contributed by atoms with van der Waals surface area (Å²) in [5.41, 5.74) is 2.21. The van der Waals surface area contributed by atoms with E-state index in [4.69, 9.17) is 0 Å². The number of para-hydroxylation sites is 1. The van der Waals surface area contributed by atoms with Gasteiger partial charge in [0.1, 0.15) is 6.04 Å². The highest BCUT2D eigenvalue weighted by Crippen LogP contribution is 2.22. The quantitative estimate of drug-likeness (QED) is 0.885. The number of benzene rings is 1. The van der Waals surface area contributed by atoms with Crippen LogP contribution in [0.25, 0.3) is 10.9 Å². The zero-order valence-corrected chi connectivity index (χ0v) is 11.8. The van der Waals surface area contributed by atoms with E-state index in [1.165, 1.54) is 4.90 Å². The van der Waals surface area contributed by atoms with Crippen LogP contribution in [-0.4, -0.2) is 34.8 Å². The largest absolute Gasteiger partial charge is 0.360 e. The monoisotopic (exact) mass is 283 g/mol. The van der Waals surface area contributed by atoms with Gasteiger partial charge >= 0.3 is 0 Å². The maximum Gasteiger partial charge on any atom is 0.256 e. The first-order valence-corrected chi connectivity index (χ1v) is 6.90. The van der Waals surface area contributed by atoms with Crippen LogP contribution in [0.4, 0.5) is 0 Å². The van der Waals surface area contributed by atoms with Gasteiger partial charge in [-0.25, -0.2) is 0 Å². The summed E-state index contributed by atoms with van der Waals surface area (Å²) in [6.45, 7) is 3.75. The lowest BCUT2D eigenvalue weighted by Gasteiger charge is -2.31. The van der Waals surface area contributed by atoms with Gasteiger partial charge < -0.3 is 15.2 Å². The molecule has 0 saturated carbocycles. The van der Waals surface area contributed by atoms with Crippen molar-refractivity contribution in [3.63, 3.8) is 0 Å². The smallest absolute Gasteiger partial charge is 0.256 e. The van der Waals surface area contributed by atoms with Gasteiger partial charge in [-0.05, 0) is 18.9 Å². The molecule has 1 fully saturated rings. The first kappa shape index (κ1) is 13.4. The van der Waals surface area contributed by atoms with Crippen molar-refractivity contribution in [3.8, 4) is 0 Å². The number of H-pyrrole nitrogens is 1. The molecule has 2 heterocycles. The Kier molecular flexibility index (Phi) is 3.25. The van der Waals surface area contributed by atoms with E-state index in [9.17, 15) is 9.59 Å². The Hall–Kier alpha value is -2.56. The predicted octanol–water partition coefficient (Wildman–Crippen LogP) is 2.03. The minimum Gasteiger partial charge on any atom is -0.360 e. The number of hydrogen-bond acceptors (Lipinski definition) is 2. The maximum atomic E-state index is 12.6. The third-order valence-corrected chi connectivity index (χ3v) is 3.93. The molecular weight excluding hydrogens is 266 g/mol. The minimum atomic E-state index is -0.448. The maximum absolute atomic E-state index is 12.6. The molecule has 1 aromatic carbocycles. The van der Waals surface area contributed by atoms with E-state index in [0.717, 1.165) is 10.9 Å². The molecule has 2 aromatic rings. The average Bonchev–Trinajstić information content (AvgIpc) is 2.90. The normalized spacial score (nSPS) is 18.6. The molecule has 1 saturated heterocycles. The summed E-state index contributed by atoms with van der Waals surface area (Å²) in [7, 11) is 1.67. The third-order valence-electron chi connectivity index (χ3n) is 3.93. The number of rotatable bonds is 2. The predicted molar refractivity (Wildman–Crippen MR) is 80.7 cm³/mol. The van der Waals surface area contributed by atoms with Gasteiger partial charge in [0, 0.05) is 29.8 Å². The molecule has 3 rings (SSSR count). The van der Waals surface area contributed by atoms with Crippen LogP contribution in [-0.2, 0) is 4.79 Å². The van der Waals surface area contributed by atoms with Crippen molar-refractivity contribution in [2.45, 2.75) is 18.9 Å². The summed E-state index contributed by atoms with van der Waals surface area (Å²) in [6, 6.07) is 7.18. The van der Waals surface area contributed by atoms with E-state index in [-0.39, 0.29) is 11.8 Å². The SMILES string of the molecule is C=C1CCC(N(C)C(=O)c2c[nH]c3ccccc23)C(=O)N1. The second-order valence-corrected chi connectivity index (χ2v) is 5.31. The molecule has 2 amide bonds. The van der Waals surface area contributed by atoms with Crippen molar-refractivity contribution >= 4 is 22.7 Å². The molecule has 2 N–H and O–H groups in total. The minimum absolute atomic E-state index is 0.153. The molecule has 108 valence electrons. The Morgan fingerprint density at radius 3 is 2.90 bits per heavy atom. The van der Waals surface area contributed by atoms with Crippen LogP contribution in [0.3, 0.4) is 0 Å². The Balaban J connectivity index is 1.88. The van der Waals surface area contributed by atoms with Crippen LogP contribution < -0.4 is 5.32 Å². The molecule has 0 aliphatic carbocycles. The fourth-order valence-corrected chi connectivity index (χ4v) is 2.71. The summed E-state index contributed by atoms with van der Waals surface area (Å²) in [5, 5.41) is 3.58. The van der Waals surface area contributed by atoms with Gasteiger partial charge in [0.15, 0.2) is 0 Å². The number of carbonyl (C=O) groups is 2. The molecule has 1 aromatic heterocycles. The average molecular weight is 283 g/mol. The highest BCUT2D eigenvalue weighted by atomic mass is 16.2. The first-order chi connectivity index (χ1) is 10.1. The van der Waals surface area contributed by atoms with Gasteiger partial charge in [-0.2, -0.15) is 0 Å². The molecule has 5 nitrogen and oxygen atoms in total. The van der Waals surface area contributed by atoms with Gasteiger partial charge in [-0.3, -0.25) is 9.59 Å². The van der Waals surface area contributed by atoms with Crippen LogP contribution >= 0.6 is 0 Å². The third kappa shape index (κ3) is 2.31. The standard InChI is InChI=1S/C16H17N3O2/c1-10-7-8-14(15(20)18-10)19(2)16(21)12-9-17-13-6-4-3-5-11(12)13/h3-6,9,14,17H,1,7-8H2,2H3,(H,18,20). The zero-order valence-electron chi connectivity index (χ0n) is 11.8. The highest BCUT2D eigenvalue weighted by Gasteiger charge is 2.31. The number of nitrogens with one attached hydrogen (secondary N) is 2. The Labute approximate surface area is 122 Å². The van der Waals surface area contributed by atoms with Crippen molar-refractivity contribution in [3.05, 3.63) is 48.3 Å². The molecule has 0 spiro atoms. The van der Waals surface area contributed by atoms with E-state index in [1.807, 2.05) is 24.3 Å².